The molecule has 1 heterocycles. The predicted octanol–water partition coefficient (Wildman–Crippen LogP) is 2.39. The molecular weight excluding hydrogens is 292 g/mol. The van der Waals surface area contributed by atoms with Crippen molar-refractivity contribution in [2.75, 3.05) is 19.6 Å². The first-order valence-corrected chi connectivity index (χ1v) is 7.44. The Morgan fingerprint density at radius 3 is 2.43 bits per heavy atom. The molecule has 114 valence electrons. The number of nitrogens with one attached hydrogen (secondary N) is 1. The monoisotopic (exact) mass is 310 g/mol. The summed E-state index contributed by atoms with van der Waals surface area (Å²) in [5.41, 5.74) is 1.12. The van der Waals surface area contributed by atoms with E-state index in [1.807, 2.05) is 24.3 Å². The van der Waals surface area contributed by atoms with Crippen LogP contribution in [0.25, 0.3) is 0 Å². The second kappa shape index (κ2) is 7.31. The molecule has 1 aliphatic heterocycles. The number of nitrogens with zero attached hydrogens (tertiary/aromatic N) is 1. The van der Waals surface area contributed by atoms with Gasteiger partial charge in [-0.05, 0) is 37.0 Å². The number of likely N-dealkylation sites (tertiary alicyclic amines) is 1. The number of benzene rings is 1. The highest BCUT2D eigenvalue weighted by Gasteiger charge is 2.26. The Hall–Kier alpha value is -1.75. The van der Waals surface area contributed by atoms with E-state index >= 15 is 0 Å². The predicted molar refractivity (Wildman–Crippen MR) is 80.5 cm³/mol. The van der Waals surface area contributed by atoms with Crippen LogP contribution in [0, 0.1) is 5.92 Å². The highest BCUT2D eigenvalue weighted by atomic mass is 35.5. The van der Waals surface area contributed by atoms with Crippen LogP contribution in [0.2, 0.25) is 5.02 Å². The van der Waals surface area contributed by atoms with E-state index in [2.05, 4.69) is 5.32 Å². The van der Waals surface area contributed by atoms with Crippen LogP contribution < -0.4 is 5.32 Å². The minimum Gasteiger partial charge on any atom is -0.481 e. The van der Waals surface area contributed by atoms with Crippen molar-refractivity contribution in [2.24, 2.45) is 5.92 Å². The number of carboxylic acid groups (broad SMARTS) is 1. The Labute approximate surface area is 128 Å². The van der Waals surface area contributed by atoms with Gasteiger partial charge in [-0.1, -0.05) is 23.7 Å². The fraction of sp³-hybridized carbons (Fsp3) is 0.467. The summed E-state index contributed by atoms with van der Waals surface area (Å²) in [6.45, 7) is 1.56. The number of carbonyl (C=O) groups excluding carboxylic acids is 1. The molecule has 0 atom stereocenters. The summed E-state index contributed by atoms with van der Waals surface area (Å²) in [5, 5.41) is 12.5. The number of halogens is 1. The topological polar surface area (TPSA) is 69.6 Å². The molecule has 0 unspecified atom stereocenters. The summed E-state index contributed by atoms with van der Waals surface area (Å²) >= 11 is 5.81. The van der Waals surface area contributed by atoms with Crippen LogP contribution in [0.15, 0.2) is 24.3 Å². The van der Waals surface area contributed by atoms with Crippen LogP contribution in [0.3, 0.4) is 0 Å². The first kappa shape index (κ1) is 15.6. The molecule has 1 saturated heterocycles. The Balaban J connectivity index is 1.70. The first-order chi connectivity index (χ1) is 10.1. The summed E-state index contributed by atoms with van der Waals surface area (Å²) in [6, 6.07) is 7.41. The van der Waals surface area contributed by atoms with E-state index in [1.165, 1.54) is 0 Å². The van der Waals surface area contributed by atoms with Gasteiger partial charge in [-0.25, -0.2) is 4.79 Å². The highest BCUT2D eigenvalue weighted by Crippen LogP contribution is 2.17. The van der Waals surface area contributed by atoms with Crippen LogP contribution in [-0.2, 0) is 11.2 Å². The van der Waals surface area contributed by atoms with Crippen LogP contribution in [-0.4, -0.2) is 41.6 Å². The fourth-order valence-electron chi connectivity index (χ4n) is 2.41. The molecule has 2 rings (SSSR count). The molecule has 1 fully saturated rings. The van der Waals surface area contributed by atoms with Gasteiger partial charge in [0.1, 0.15) is 0 Å². The zero-order chi connectivity index (χ0) is 15.2. The third-order valence-corrected chi connectivity index (χ3v) is 3.99. The average Bonchev–Trinajstić information content (AvgIpc) is 2.49. The number of amides is 2. The number of hydrogen-bond acceptors (Lipinski definition) is 2. The standard InChI is InChI=1S/C15H19ClN2O3/c16-13-3-1-11(2-4-13)5-8-17-15(21)18-9-6-12(7-10-18)14(19)20/h1-4,12H,5-10H2,(H,17,21)(H,19,20). The largest absolute Gasteiger partial charge is 0.481 e. The average molecular weight is 311 g/mol. The van der Waals surface area contributed by atoms with E-state index in [0.717, 1.165) is 12.0 Å². The van der Waals surface area contributed by atoms with Crippen LogP contribution >= 0.6 is 11.6 Å². The quantitative estimate of drug-likeness (QED) is 0.897. The van der Waals surface area contributed by atoms with Gasteiger partial charge >= 0.3 is 12.0 Å². The second-order valence-corrected chi connectivity index (χ2v) is 5.64. The van der Waals surface area contributed by atoms with Crippen LogP contribution in [0.1, 0.15) is 18.4 Å². The number of carbonyl (C=O) groups is 2. The number of hydrogen-bond donors (Lipinski definition) is 2. The van der Waals surface area contributed by atoms with Gasteiger partial charge in [0.2, 0.25) is 0 Å². The second-order valence-electron chi connectivity index (χ2n) is 5.21. The SMILES string of the molecule is O=C(O)C1CCN(C(=O)NCCc2ccc(Cl)cc2)CC1. The maximum Gasteiger partial charge on any atom is 0.317 e. The van der Waals surface area contributed by atoms with E-state index in [0.29, 0.717) is 37.5 Å². The van der Waals surface area contributed by atoms with Crippen molar-refractivity contribution in [3.8, 4) is 0 Å². The van der Waals surface area contributed by atoms with Crippen molar-refractivity contribution in [1.29, 1.82) is 0 Å². The van der Waals surface area contributed by atoms with E-state index in [1.54, 1.807) is 4.90 Å². The summed E-state index contributed by atoms with van der Waals surface area (Å²) in [5.74, 6) is -1.08. The zero-order valence-electron chi connectivity index (χ0n) is 11.7. The van der Waals surface area contributed by atoms with Gasteiger partial charge in [-0.3, -0.25) is 4.79 Å². The number of urea groups is 1. The molecular formula is C15H19ClN2O3. The molecule has 0 bridgehead atoms. The lowest BCUT2D eigenvalue weighted by atomic mass is 9.97. The normalized spacial score (nSPS) is 15.8. The maximum atomic E-state index is 12.0. The molecule has 2 amide bonds. The van der Waals surface area contributed by atoms with Gasteiger partial charge in [0.25, 0.3) is 0 Å². The minimum atomic E-state index is -0.766. The van der Waals surface area contributed by atoms with E-state index < -0.39 is 5.97 Å². The Morgan fingerprint density at radius 2 is 1.86 bits per heavy atom. The van der Waals surface area contributed by atoms with Crippen molar-refractivity contribution in [2.45, 2.75) is 19.3 Å². The zero-order valence-corrected chi connectivity index (χ0v) is 12.5. The molecule has 1 aromatic rings. The lowest BCUT2D eigenvalue weighted by Crippen LogP contribution is -2.45. The van der Waals surface area contributed by atoms with Gasteiger partial charge in [-0.2, -0.15) is 0 Å². The molecule has 1 aromatic carbocycles. The van der Waals surface area contributed by atoms with Crippen molar-refractivity contribution >= 4 is 23.6 Å². The van der Waals surface area contributed by atoms with Gasteiger partial charge in [0, 0.05) is 24.7 Å². The Bertz CT molecular complexity index is 496. The molecule has 1 aliphatic rings. The number of aliphatic carboxylic acids is 1. The Kier molecular flexibility index (Phi) is 5.44. The summed E-state index contributed by atoms with van der Waals surface area (Å²) in [6.07, 6.45) is 1.80. The van der Waals surface area contributed by atoms with Gasteiger partial charge < -0.3 is 15.3 Å². The molecule has 6 heteroatoms. The summed E-state index contributed by atoms with van der Waals surface area (Å²) in [4.78, 5) is 24.5. The molecule has 2 N–H and O–H groups in total. The van der Waals surface area contributed by atoms with E-state index in [9.17, 15) is 9.59 Å². The smallest absolute Gasteiger partial charge is 0.317 e. The number of carboxylic acids is 1. The van der Waals surface area contributed by atoms with E-state index in [4.69, 9.17) is 16.7 Å². The van der Waals surface area contributed by atoms with Crippen molar-refractivity contribution in [1.82, 2.24) is 10.2 Å². The first-order valence-electron chi connectivity index (χ1n) is 7.06. The number of rotatable bonds is 4. The van der Waals surface area contributed by atoms with Gasteiger partial charge in [-0.15, -0.1) is 0 Å². The van der Waals surface area contributed by atoms with Crippen LogP contribution in [0.5, 0.6) is 0 Å². The van der Waals surface area contributed by atoms with Crippen LogP contribution in [0.4, 0.5) is 4.79 Å². The maximum absolute atomic E-state index is 12.0. The molecule has 5 nitrogen and oxygen atoms in total. The number of piperidine rings is 1. The lowest BCUT2D eigenvalue weighted by Gasteiger charge is -2.30. The molecule has 21 heavy (non-hydrogen) atoms. The van der Waals surface area contributed by atoms with Crippen molar-refractivity contribution in [3.05, 3.63) is 34.9 Å². The summed E-state index contributed by atoms with van der Waals surface area (Å²) < 4.78 is 0. The molecule has 0 saturated carbocycles. The molecule has 0 spiro atoms. The molecule has 0 aromatic heterocycles. The highest BCUT2D eigenvalue weighted by molar-refractivity contribution is 6.30. The van der Waals surface area contributed by atoms with Gasteiger partial charge in [0.15, 0.2) is 0 Å². The molecule has 0 aliphatic carbocycles. The van der Waals surface area contributed by atoms with Crippen molar-refractivity contribution < 1.29 is 14.7 Å². The van der Waals surface area contributed by atoms with Crippen molar-refractivity contribution in [3.63, 3.8) is 0 Å². The van der Waals surface area contributed by atoms with Gasteiger partial charge in [0.05, 0.1) is 5.92 Å². The third kappa shape index (κ3) is 4.63. The van der Waals surface area contributed by atoms with E-state index in [-0.39, 0.29) is 11.9 Å². The summed E-state index contributed by atoms with van der Waals surface area (Å²) in [7, 11) is 0. The molecule has 0 radical (unpaired) electrons. The minimum absolute atomic E-state index is 0.118. The Morgan fingerprint density at radius 1 is 1.24 bits per heavy atom. The third-order valence-electron chi connectivity index (χ3n) is 3.73. The fourth-order valence-corrected chi connectivity index (χ4v) is 2.53. The lowest BCUT2D eigenvalue weighted by molar-refractivity contribution is -0.143.